The van der Waals surface area contributed by atoms with Gasteiger partial charge in [-0.25, -0.2) is 4.39 Å². The van der Waals surface area contributed by atoms with E-state index in [1.165, 1.54) is 37.3 Å². The first-order chi connectivity index (χ1) is 15.2. The van der Waals surface area contributed by atoms with Crippen molar-refractivity contribution in [3.05, 3.63) is 65.0 Å². The molecule has 2 aromatic rings. The number of Topliss-reactive ketones (excluding diaryl/α,β-unsaturated/α-hetero) is 1. The number of nitrogens with zero attached hydrogens (tertiary/aromatic N) is 2. The molecule has 0 spiro atoms. The fraction of sp³-hybridized carbons (Fsp3) is 0.375. The summed E-state index contributed by atoms with van der Waals surface area (Å²) in [6.07, 6.45) is 0. The van der Waals surface area contributed by atoms with E-state index in [1.54, 1.807) is 17.0 Å². The van der Waals surface area contributed by atoms with Crippen LogP contribution >= 0.6 is 0 Å². The topological polar surface area (TPSA) is 92.9 Å². The number of amides is 2. The van der Waals surface area contributed by atoms with Gasteiger partial charge >= 0.3 is 0 Å². The van der Waals surface area contributed by atoms with Crippen LogP contribution in [0, 0.1) is 5.82 Å². The minimum atomic E-state index is -0.730. The molecule has 0 saturated carbocycles. The molecule has 32 heavy (non-hydrogen) atoms. The SMILES string of the molecule is CC(=O)c1ccc(OCC(=O)N2C[C@H](C)N(Cc3ccc(F)cc3)C[C@H]2C)c(C(N)=O)c1. The maximum Gasteiger partial charge on any atom is 0.260 e. The van der Waals surface area contributed by atoms with E-state index in [1.807, 2.05) is 13.8 Å². The molecule has 2 aromatic carbocycles. The smallest absolute Gasteiger partial charge is 0.260 e. The third kappa shape index (κ3) is 5.50. The van der Waals surface area contributed by atoms with Crippen molar-refractivity contribution < 1.29 is 23.5 Å². The Kier molecular flexibility index (Phi) is 7.25. The normalized spacial score (nSPS) is 18.9. The average molecular weight is 442 g/mol. The van der Waals surface area contributed by atoms with Gasteiger partial charge in [0.1, 0.15) is 11.6 Å². The molecule has 0 aromatic heterocycles. The van der Waals surface area contributed by atoms with Gasteiger partial charge in [0, 0.05) is 37.3 Å². The summed E-state index contributed by atoms with van der Waals surface area (Å²) >= 11 is 0. The molecule has 1 aliphatic rings. The van der Waals surface area contributed by atoms with E-state index in [0.29, 0.717) is 25.2 Å². The molecule has 7 nitrogen and oxygen atoms in total. The van der Waals surface area contributed by atoms with Crippen LogP contribution in [0.2, 0.25) is 0 Å². The quantitative estimate of drug-likeness (QED) is 0.667. The minimum Gasteiger partial charge on any atom is -0.483 e. The van der Waals surface area contributed by atoms with Gasteiger partial charge in [-0.2, -0.15) is 0 Å². The molecule has 2 amide bonds. The van der Waals surface area contributed by atoms with E-state index in [9.17, 15) is 18.8 Å². The number of ether oxygens (including phenoxy) is 1. The molecule has 0 radical (unpaired) electrons. The van der Waals surface area contributed by atoms with Crippen molar-refractivity contribution >= 4 is 17.6 Å². The Labute approximate surface area is 186 Å². The van der Waals surface area contributed by atoms with Crippen LogP contribution in [0.4, 0.5) is 4.39 Å². The first-order valence-electron chi connectivity index (χ1n) is 10.5. The third-order valence-electron chi connectivity index (χ3n) is 5.74. The number of benzene rings is 2. The van der Waals surface area contributed by atoms with E-state index >= 15 is 0 Å². The molecule has 0 bridgehead atoms. The van der Waals surface area contributed by atoms with Gasteiger partial charge in [-0.05, 0) is 56.7 Å². The van der Waals surface area contributed by atoms with Gasteiger partial charge < -0.3 is 15.4 Å². The molecule has 1 aliphatic heterocycles. The third-order valence-corrected chi connectivity index (χ3v) is 5.74. The molecule has 0 unspecified atom stereocenters. The number of carbonyl (C=O) groups excluding carboxylic acids is 3. The van der Waals surface area contributed by atoms with Crippen molar-refractivity contribution in [1.82, 2.24) is 9.80 Å². The van der Waals surface area contributed by atoms with Crippen LogP contribution in [-0.4, -0.2) is 59.2 Å². The van der Waals surface area contributed by atoms with Gasteiger partial charge in [0.05, 0.1) is 5.56 Å². The van der Waals surface area contributed by atoms with Gasteiger partial charge in [-0.3, -0.25) is 19.3 Å². The second-order valence-electron chi connectivity index (χ2n) is 8.22. The van der Waals surface area contributed by atoms with Crippen LogP contribution < -0.4 is 10.5 Å². The summed E-state index contributed by atoms with van der Waals surface area (Å²) in [6, 6.07) is 10.9. The molecule has 2 N–H and O–H groups in total. The number of rotatable bonds is 7. The highest BCUT2D eigenvalue weighted by atomic mass is 19.1. The number of nitrogens with two attached hydrogens (primary N) is 1. The van der Waals surface area contributed by atoms with Crippen molar-refractivity contribution in [2.75, 3.05) is 19.7 Å². The zero-order valence-corrected chi connectivity index (χ0v) is 18.5. The average Bonchev–Trinajstić information content (AvgIpc) is 2.75. The van der Waals surface area contributed by atoms with Crippen LogP contribution in [0.25, 0.3) is 0 Å². The van der Waals surface area contributed by atoms with Crippen molar-refractivity contribution in [2.45, 2.75) is 39.4 Å². The molecular weight excluding hydrogens is 413 g/mol. The highest BCUT2D eigenvalue weighted by molar-refractivity contribution is 6.00. The fourth-order valence-electron chi connectivity index (χ4n) is 3.88. The zero-order chi connectivity index (χ0) is 23.4. The summed E-state index contributed by atoms with van der Waals surface area (Å²) in [5.41, 5.74) is 6.83. The summed E-state index contributed by atoms with van der Waals surface area (Å²) in [4.78, 5) is 40.2. The summed E-state index contributed by atoms with van der Waals surface area (Å²) < 4.78 is 18.8. The van der Waals surface area contributed by atoms with E-state index < -0.39 is 5.91 Å². The van der Waals surface area contributed by atoms with E-state index in [-0.39, 0.29) is 47.5 Å². The molecular formula is C24H28FN3O4. The van der Waals surface area contributed by atoms with Crippen molar-refractivity contribution in [2.24, 2.45) is 5.73 Å². The molecule has 8 heteroatoms. The number of primary amides is 1. The molecule has 2 atom stereocenters. The number of piperazine rings is 1. The van der Waals surface area contributed by atoms with Gasteiger partial charge in [-0.1, -0.05) is 12.1 Å². The lowest BCUT2D eigenvalue weighted by Gasteiger charge is -2.44. The predicted octanol–water partition coefficient (Wildman–Crippen LogP) is 2.63. The molecule has 1 saturated heterocycles. The van der Waals surface area contributed by atoms with Crippen LogP contribution in [0.15, 0.2) is 42.5 Å². The maximum absolute atomic E-state index is 13.2. The van der Waals surface area contributed by atoms with Crippen LogP contribution in [0.5, 0.6) is 5.75 Å². The van der Waals surface area contributed by atoms with Crippen molar-refractivity contribution in [3.63, 3.8) is 0 Å². The van der Waals surface area contributed by atoms with Crippen LogP contribution in [0.1, 0.15) is 47.1 Å². The lowest BCUT2D eigenvalue weighted by molar-refractivity contribution is -0.139. The van der Waals surface area contributed by atoms with E-state index in [0.717, 1.165) is 5.56 Å². The monoisotopic (exact) mass is 441 g/mol. The summed E-state index contributed by atoms with van der Waals surface area (Å²) in [7, 11) is 0. The second kappa shape index (κ2) is 9.91. The lowest BCUT2D eigenvalue weighted by atomic mass is 10.1. The summed E-state index contributed by atoms with van der Waals surface area (Å²) in [5, 5.41) is 0. The second-order valence-corrected chi connectivity index (χ2v) is 8.22. The van der Waals surface area contributed by atoms with Crippen LogP contribution in [0.3, 0.4) is 0 Å². The lowest BCUT2D eigenvalue weighted by Crippen LogP contribution is -2.58. The highest BCUT2D eigenvalue weighted by Crippen LogP contribution is 2.22. The summed E-state index contributed by atoms with van der Waals surface area (Å²) in [5.74, 6) is -1.22. The Hall–Kier alpha value is -3.26. The Balaban J connectivity index is 1.62. The minimum absolute atomic E-state index is 0.0431. The van der Waals surface area contributed by atoms with Crippen LogP contribution in [-0.2, 0) is 11.3 Å². The molecule has 1 fully saturated rings. The number of ketones is 1. The molecule has 1 heterocycles. The number of hydrogen-bond acceptors (Lipinski definition) is 5. The van der Waals surface area contributed by atoms with Crippen molar-refractivity contribution in [3.8, 4) is 5.75 Å². The molecule has 170 valence electrons. The van der Waals surface area contributed by atoms with Gasteiger partial charge in [0.15, 0.2) is 12.4 Å². The Morgan fingerprint density at radius 2 is 1.75 bits per heavy atom. The van der Waals surface area contributed by atoms with Gasteiger partial charge in [-0.15, -0.1) is 0 Å². The Morgan fingerprint density at radius 1 is 1.06 bits per heavy atom. The van der Waals surface area contributed by atoms with Gasteiger partial charge in [0.25, 0.3) is 11.8 Å². The maximum atomic E-state index is 13.2. The fourth-order valence-corrected chi connectivity index (χ4v) is 3.88. The number of hydrogen-bond donors (Lipinski definition) is 1. The van der Waals surface area contributed by atoms with Crippen molar-refractivity contribution in [1.29, 1.82) is 0 Å². The first kappa shape index (κ1) is 23.4. The Morgan fingerprint density at radius 3 is 2.38 bits per heavy atom. The number of carbonyl (C=O) groups is 3. The predicted molar refractivity (Wildman–Crippen MR) is 118 cm³/mol. The van der Waals surface area contributed by atoms with Gasteiger partial charge in [0.2, 0.25) is 0 Å². The highest BCUT2D eigenvalue weighted by Gasteiger charge is 2.32. The van der Waals surface area contributed by atoms with E-state index in [2.05, 4.69) is 4.90 Å². The first-order valence-corrected chi connectivity index (χ1v) is 10.5. The molecule has 0 aliphatic carbocycles. The Bertz CT molecular complexity index is 1010. The number of halogens is 1. The van der Waals surface area contributed by atoms with E-state index in [4.69, 9.17) is 10.5 Å². The zero-order valence-electron chi connectivity index (χ0n) is 18.5. The standard InChI is InChI=1S/C24H28FN3O4/c1-15-12-28(16(2)11-27(15)13-18-4-7-20(25)8-5-18)23(30)14-32-22-9-6-19(17(3)29)10-21(22)24(26)31/h4-10,15-16H,11-14H2,1-3H3,(H2,26,31)/t15-,16+/m0/s1. The largest absolute Gasteiger partial charge is 0.483 e. The summed E-state index contributed by atoms with van der Waals surface area (Å²) in [6.45, 7) is 7.03. The molecule has 3 rings (SSSR count).